The predicted octanol–water partition coefficient (Wildman–Crippen LogP) is 9.30. The first-order chi connectivity index (χ1) is 17.5. The van der Waals surface area contributed by atoms with Gasteiger partial charge >= 0.3 is 26.5 Å². The van der Waals surface area contributed by atoms with E-state index < -0.39 is 32.9 Å². The Bertz CT molecular complexity index is 1010. The maximum absolute atomic E-state index is 13.3. The van der Waals surface area contributed by atoms with Crippen molar-refractivity contribution in [2.45, 2.75) is 110 Å². The van der Waals surface area contributed by atoms with E-state index in [1.54, 1.807) is 11.8 Å². The smallest absolute Gasteiger partial charge is 0.211 e. The fraction of sp³-hybridized carbons (Fsp3) is 0.786. The van der Waals surface area contributed by atoms with E-state index in [9.17, 15) is 26.9 Å². The summed E-state index contributed by atoms with van der Waals surface area (Å²) in [5.41, 5.74) is 2.94. The molecule has 0 N–H and O–H groups in total. The second-order valence-corrected chi connectivity index (χ2v) is 17.0. The van der Waals surface area contributed by atoms with Crippen LogP contribution in [-0.2, 0) is 6.42 Å². The lowest BCUT2D eigenvalue weighted by Gasteiger charge is -2.51. The highest BCUT2D eigenvalue weighted by atomic mass is 32.2. The molecule has 3 fully saturated rings. The van der Waals surface area contributed by atoms with Gasteiger partial charge in [0.05, 0.1) is 0 Å². The van der Waals surface area contributed by atoms with Gasteiger partial charge in [0.2, 0.25) is 0 Å². The Morgan fingerprint density at radius 3 is 2.54 bits per heavy atom. The Kier molecular flexibility index (Phi) is 7.60. The van der Waals surface area contributed by atoms with Gasteiger partial charge in [-0.05, 0) is 83.4 Å². The highest BCUT2D eigenvalue weighted by molar-refractivity contribution is 8.00. The molecule has 7 atom stereocenters. The largest absolute Gasteiger partial charge is 0.517 e. The van der Waals surface area contributed by atoms with Crippen LogP contribution in [0.1, 0.15) is 88.7 Å². The zero-order valence-corrected chi connectivity index (χ0v) is 23.7. The topological polar surface area (TPSA) is 29.4 Å². The lowest BCUT2D eigenvalue weighted by Crippen LogP contribution is -2.41. The minimum absolute atomic E-state index is 0.147. The van der Waals surface area contributed by atoms with Crippen molar-refractivity contribution in [3.8, 4) is 0 Å². The fourth-order valence-electron chi connectivity index (χ4n) is 8.60. The van der Waals surface area contributed by atoms with E-state index in [4.69, 9.17) is 0 Å². The van der Waals surface area contributed by atoms with Crippen LogP contribution in [0.3, 0.4) is 0 Å². The molecule has 1 spiro atoms. The summed E-state index contributed by atoms with van der Waals surface area (Å²) >= 11 is 0.0158. The second kappa shape index (κ2) is 10.1. The summed E-state index contributed by atoms with van der Waals surface area (Å²) < 4.78 is 68.7. The number of fused-ring (bicyclic) bond motifs is 4. The monoisotopic (exact) mass is 557 g/mol. The van der Waals surface area contributed by atoms with Crippen LogP contribution in [0.25, 0.3) is 0 Å². The van der Waals surface area contributed by atoms with Gasteiger partial charge in [-0.25, -0.2) is 4.16 Å². The molecule has 5 rings (SSSR count). The number of hydrogen-bond acceptors (Lipinski definition) is 3. The van der Waals surface area contributed by atoms with E-state index in [2.05, 4.69) is 42.3 Å². The normalized spacial score (nSPS) is 34.1. The molecule has 2 nitrogen and oxygen atoms in total. The molecule has 1 aromatic rings. The third kappa shape index (κ3) is 4.82. The maximum Gasteiger partial charge on any atom is 0.517 e. The molecule has 1 heterocycles. The van der Waals surface area contributed by atoms with Crippen LogP contribution in [0.15, 0.2) is 28.4 Å². The number of halogens is 5. The number of nitroso groups, excluding NO2 is 1. The average molecular weight is 558 g/mol. The Balaban J connectivity index is 1.27. The van der Waals surface area contributed by atoms with Crippen LogP contribution in [0.5, 0.6) is 0 Å². The zero-order valence-electron chi connectivity index (χ0n) is 21.7. The van der Waals surface area contributed by atoms with E-state index >= 15 is 0 Å². The van der Waals surface area contributed by atoms with Gasteiger partial charge < -0.3 is 0 Å². The van der Waals surface area contributed by atoms with Gasteiger partial charge in [0.25, 0.3) is 0 Å². The van der Waals surface area contributed by atoms with E-state index in [-0.39, 0.29) is 15.4 Å². The highest BCUT2D eigenvalue weighted by Crippen LogP contribution is 2.83. The second-order valence-electron chi connectivity index (χ2n) is 12.3. The van der Waals surface area contributed by atoms with Crippen LogP contribution in [0, 0.1) is 22.7 Å². The van der Waals surface area contributed by atoms with E-state index in [1.807, 2.05) is 0 Å². The SMILES string of the molecule is CCC(C)(CCC1Cc2ccccc2C2CC[C]34C(CC[CH]3[Al]4[N]=O)C12)SCCCC(F)(F)C(F)(F)F. The number of benzene rings is 1. The van der Waals surface area contributed by atoms with Crippen molar-refractivity contribution in [3.05, 3.63) is 40.3 Å². The Hall–Kier alpha value is -0.648. The van der Waals surface area contributed by atoms with Gasteiger partial charge in [-0.1, -0.05) is 62.2 Å². The van der Waals surface area contributed by atoms with Crippen molar-refractivity contribution < 1.29 is 22.0 Å². The number of hydrogen-bond donors (Lipinski definition) is 0. The Morgan fingerprint density at radius 1 is 1.11 bits per heavy atom. The summed E-state index contributed by atoms with van der Waals surface area (Å²) in [6, 6.07) is 8.83. The maximum atomic E-state index is 13.3. The first-order valence-corrected chi connectivity index (χ1v) is 16.7. The third-order valence-electron chi connectivity index (χ3n) is 10.7. The summed E-state index contributed by atoms with van der Waals surface area (Å²) in [5, 5.41) is 0. The van der Waals surface area contributed by atoms with Crippen molar-refractivity contribution >= 4 is 26.1 Å². The molecule has 9 heteroatoms. The molecular weight excluding hydrogens is 520 g/mol. The minimum atomic E-state index is -5.47. The first kappa shape index (κ1) is 27.9. The molecule has 3 aliphatic carbocycles. The number of thioether (sulfide) groups is 1. The van der Waals surface area contributed by atoms with Gasteiger partial charge in [0.1, 0.15) is 0 Å². The fourth-order valence-corrected chi connectivity index (χ4v) is 13.9. The van der Waals surface area contributed by atoms with Gasteiger partial charge in [-0.15, -0.1) is 0 Å². The summed E-state index contributed by atoms with van der Waals surface area (Å²) in [6.45, 7) is 4.23. The Morgan fingerprint density at radius 2 is 1.86 bits per heavy atom. The van der Waals surface area contributed by atoms with Crippen molar-refractivity contribution in [2.24, 2.45) is 21.9 Å². The van der Waals surface area contributed by atoms with E-state index in [1.165, 1.54) is 24.0 Å². The van der Waals surface area contributed by atoms with Crippen LogP contribution < -0.4 is 0 Å². The summed E-state index contributed by atoms with van der Waals surface area (Å²) in [7, 11) is 0. The van der Waals surface area contributed by atoms with Crippen LogP contribution in [-0.4, -0.2) is 37.0 Å². The Labute approximate surface area is 225 Å². The highest BCUT2D eigenvalue weighted by Gasteiger charge is 2.80. The summed E-state index contributed by atoms with van der Waals surface area (Å²) in [5.74, 6) is -2.07. The predicted molar refractivity (Wildman–Crippen MR) is 140 cm³/mol. The number of alkyl halides is 5. The molecule has 1 aromatic carbocycles. The number of rotatable bonds is 10. The van der Waals surface area contributed by atoms with Gasteiger partial charge in [0, 0.05) is 11.2 Å². The number of nitrogens with zero attached hydrogens (tertiary/aromatic N) is 1. The standard InChI is InChI=1S/C28H37F5S.Al.NO/c1-3-26(2,34-17-7-15-27(29,30)28(31,32)33)16-14-21-18-20-8-4-5-10-22(20)24-13-12-19-9-6-11-23(19)25(21)24;;1-2/h4-5,8-10,21,23-25H,3,6-7,11-18H2,1-2H3;;/q;+1;-1. The molecule has 2 saturated carbocycles. The molecule has 1 aliphatic heterocycles. The minimum Gasteiger partial charge on any atom is -0.211 e. The molecule has 0 amide bonds. The van der Waals surface area contributed by atoms with Gasteiger partial charge in [0.15, 0.2) is 0 Å². The van der Waals surface area contributed by atoms with Crippen LogP contribution >= 0.6 is 11.8 Å². The quantitative estimate of drug-likeness (QED) is 0.124. The summed E-state index contributed by atoms with van der Waals surface area (Å²) in [4.78, 5) is 11.7. The van der Waals surface area contributed by atoms with Gasteiger partial charge in [-0.2, -0.15) is 38.6 Å². The molecule has 0 bridgehead atoms. The molecule has 7 unspecified atom stereocenters. The van der Waals surface area contributed by atoms with Crippen molar-refractivity contribution in [3.63, 3.8) is 0 Å². The molecule has 0 radical (unpaired) electrons. The molecule has 0 aromatic heterocycles. The van der Waals surface area contributed by atoms with E-state index in [0.29, 0.717) is 34.2 Å². The average Bonchev–Trinajstić information content (AvgIpc) is 3.30. The molecule has 204 valence electrons. The van der Waals surface area contributed by atoms with Crippen molar-refractivity contribution in [1.29, 1.82) is 0 Å². The van der Waals surface area contributed by atoms with Crippen LogP contribution in [0.2, 0.25) is 9.06 Å². The van der Waals surface area contributed by atoms with Crippen molar-refractivity contribution in [1.82, 2.24) is 0 Å². The molecule has 4 aliphatic rings. The lowest BCUT2D eigenvalue weighted by molar-refractivity contribution is -0.284. The van der Waals surface area contributed by atoms with E-state index in [0.717, 1.165) is 38.5 Å². The van der Waals surface area contributed by atoms with Crippen molar-refractivity contribution in [2.75, 3.05) is 5.75 Å². The van der Waals surface area contributed by atoms with Crippen LogP contribution in [0.4, 0.5) is 22.0 Å². The first-order valence-electron chi connectivity index (χ1n) is 14.0. The molecule has 37 heavy (non-hydrogen) atoms. The lowest BCUT2D eigenvalue weighted by atomic mass is 9.56. The third-order valence-corrected chi connectivity index (χ3v) is 16.2. The zero-order chi connectivity index (χ0) is 26.6. The molecule has 1 saturated heterocycles. The van der Waals surface area contributed by atoms with Gasteiger partial charge in [-0.3, -0.25) is 0 Å². The summed E-state index contributed by atoms with van der Waals surface area (Å²) in [6.07, 6.45) is 1.79. The molecular formula is C28H37AlF5NOS.